The van der Waals surface area contributed by atoms with Crippen LogP contribution in [0, 0.1) is 5.92 Å². The number of ether oxygens (including phenoxy) is 1. The Kier molecular flexibility index (Phi) is 5.06. The van der Waals surface area contributed by atoms with E-state index in [1.54, 1.807) is 36.1 Å². The van der Waals surface area contributed by atoms with Gasteiger partial charge >= 0.3 is 5.97 Å². The van der Waals surface area contributed by atoms with Crippen LogP contribution in [-0.4, -0.2) is 56.2 Å². The summed E-state index contributed by atoms with van der Waals surface area (Å²) in [7, 11) is 0. The van der Waals surface area contributed by atoms with Gasteiger partial charge in [0.1, 0.15) is 6.33 Å². The monoisotopic (exact) mass is 343 g/mol. The second-order valence-corrected chi connectivity index (χ2v) is 6.36. The van der Waals surface area contributed by atoms with Crippen molar-refractivity contribution in [2.24, 2.45) is 5.92 Å². The van der Waals surface area contributed by atoms with Crippen molar-refractivity contribution in [1.82, 2.24) is 25.1 Å². The van der Waals surface area contributed by atoms with Gasteiger partial charge in [-0.1, -0.05) is 13.0 Å². The molecular weight excluding hydrogens is 322 g/mol. The van der Waals surface area contributed by atoms with Gasteiger partial charge in [0.05, 0.1) is 11.3 Å². The fraction of sp³-hybridized carbons (Fsp3) is 0.471. The van der Waals surface area contributed by atoms with Crippen molar-refractivity contribution in [3.05, 3.63) is 36.2 Å². The fourth-order valence-electron chi connectivity index (χ4n) is 2.82. The molecule has 0 unspecified atom stereocenters. The van der Waals surface area contributed by atoms with Crippen LogP contribution in [0.2, 0.25) is 0 Å². The molecule has 1 amide bonds. The van der Waals surface area contributed by atoms with E-state index in [2.05, 4.69) is 22.4 Å². The summed E-state index contributed by atoms with van der Waals surface area (Å²) < 4.78 is 6.80. The highest BCUT2D eigenvalue weighted by Gasteiger charge is 2.27. The number of esters is 1. The van der Waals surface area contributed by atoms with E-state index in [0.717, 1.165) is 25.9 Å². The maximum absolute atomic E-state index is 12.4. The summed E-state index contributed by atoms with van der Waals surface area (Å²) in [6.07, 6.45) is 2.60. The largest absolute Gasteiger partial charge is 0.449 e. The molecule has 1 atom stereocenters. The Labute approximate surface area is 145 Å². The molecule has 0 radical (unpaired) electrons. The Balaban J connectivity index is 1.63. The number of carbonyl (C=O) groups excluding carboxylic acids is 2. The maximum atomic E-state index is 12.4. The molecule has 1 fully saturated rings. The van der Waals surface area contributed by atoms with Gasteiger partial charge in [-0.15, -0.1) is 5.10 Å². The number of benzene rings is 1. The summed E-state index contributed by atoms with van der Waals surface area (Å²) in [5.74, 6) is -0.0473. The van der Waals surface area contributed by atoms with Crippen molar-refractivity contribution in [3.63, 3.8) is 0 Å². The van der Waals surface area contributed by atoms with Crippen LogP contribution in [-0.2, 0) is 9.53 Å². The van der Waals surface area contributed by atoms with Gasteiger partial charge in [-0.25, -0.2) is 9.48 Å². The van der Waals surface area contributed by atoms with Gasteiger partial charge in [0.25, 0.3) is 5.91 Å². The van der Waals surface area contributed by atoms with E-state index in [0.29, 0.717) is 17.2 Å². The van der Waals surface area contributed by atoms with Crippen LogP contribution < -0.4 is 0 Å². The molecule has 1 aromatic heterocycles. The predicted molar refractivity (Wildman–Crippen MR) is 89.0 cm³/mol. The van der Waals surface area contributed by atoms with Gasteiger partial charge < -0.3 is 9.64 Å². The molecule has 3 rings (SSSR count). The van der Waals surface area contributed by atoms with Crippen molar-refractivity contribution < 1.29 is 14.3 Å². The Morgan fingerprint density at radius 3 is 2.72 bits per heavy atom. The molecule has 0 aliphatic carbocycles. The maximum Gasteiger partial charge on any atom is 0.338 e. The van der Waals surface area contributed by atoms with Gasteiger partial charge in [-0.05, 0) is 54.3 Å². The third kappa shape index (κ3) is 4.01. The molecule has 132 valence electrons. The highest BCUT2D eigenvalue weighted by Crippen LogP contribution is 2.18. The first-order valence-electron chi connectivity index (χ1n) is 8.38. The number of carbonyl (C=O) groups is 2. The molecule has 0 saturated carbocycles. The number of amides is 1. The third-order valence-electron chi connectivity index (χ3n) is 4.42. The summed E-state index contributed by atoms with van der Waals surface area (Å²) in [6, 6.07) is 6.75. The zero-order valence-corrected chi connectivity index (χ0v) is 14.3. The number of nitrogens with zero attached hydrogens (tertiary/aromatic N) is 5. The zero-order chi connectivity index (χ0) is 17.8. The van der Waals surface area contributed by atoms with Crippen LogP contribution in [0.5, 0.6) is 0 Å². The Morgan fingerprint density at radius 2 is 2.04 bits per heavy atom. The van der Waals surface area contributed by atoms with E-state index >= 15 is 0 Å². The highest BCUT2D eigenvalue weighted by atomic mass is 16.5. The van der Waals surface area contributed by atoms with Crippen molar-refractivity contribution in [3.8, 4) is 5.69 Å². The first-order valence-corrected chi connectivity index (χ1v) is 8.38. The van der Waals surface area contributed by atoms with Crippen molar-refractivity contribution in [2.45, 2.75) is 32.8 Å². The van der Waals surface area contributed by atoms with Gasteiger partial charge in [0.2, 0.25) is 0 Å². The van der Waals surface area contributed by atoms with Crippen molar-refractivity contribution >= 4 is 11.9 Å². The van der Waals surface area contributed by atoms with Crippen LogP contribution in [0.15, 0.2) is 30.6 Å². The predicted octanol–water partition coefficient (Wildman–Crippen LogP) is 1.47. The standard InChI is InChI=1S/C17H21N5O3/c1-12-6-8-21(9-7-12)16(23)13(2)25-17(24)14-4-3-5-15(10-14)22-11-18-19-20-22/h3-5,10-13H,6-9H2,1-2H3/t13-/m1/s1. The lowest BCUT2D eigenvalue weighted by molar-refractivity contribution is -0.141. The van der Waals surface area contributed by atoms with E-state index in [1.165, 1.54) is 11.0 Å². The molecular formula is C17H21N5O3. The number of tetrazole rings is 1. The smallest absolute Gasteiger partial charge is 0.338 e. The second-order valence-electron chi connectivity index (χ2n) is 6.36. The molecule has 0 N–H and O–H groups in total. The molecule has 1 aliphatic heterocycles. The van der Waals surface area contributed by atoms with Crippen LogP contribution in [0.3, 0.4) is 0 Å². The third-order valence-corrected chi connectivity index (χ3v) is 4.42. The first-order chi connectivity index (χ1) is 12.0. The second kappa shape index (κ2) is 7.42. The molecule has 8 heteroatoms. The minimum atomic E-state index is -0.808. The van der Waals surface area contributed by atoms with Gasteiger partial charge in [0, 0.05) is 13.1 Å². The Bertz CT molecular complexity index is 739. The normalized spacial score (nSPS) is 16.5. The van der Waals surface area contributed by atoms with E-state index in [-0.39, 0.29) is 5.91 Å². The summed E-state index contributed by atoms with van der Waals surface area (Å²) in [4.78, 5) is 26.6. The lowest BCUT2D eigenvalue weighted by Gasteiger charge is -2.31. The molecule has 1 aliphatic rings. The topological polar surface area (TPSA) is 90.2 Å². The van der Waals surface area contributed by atoms with Crippen LogP contribution >= 0.6 is 0 Å². The Morgan fingerprint density at radius 1 is 1.28 bits per heavy atom. The fourth-order valence-corrected chi connectivity index (χ4v) is 2.82. The van der Waals surface area contributed by atoms with Crippen LogP contribution in [0.25, 0.3) is 5.69 Å². The van der Waals surface area contributed by atoms with E-state index < -0.39 is 12.1 Å². The van der Waals surface area contributed by atoms with Gasteiger partial charge in [-0.3, -0.25) is 4.79 Å². The molecule has 25 heavy (non-hydrogen) atoms. The molecule has 0 bridgehead atoms. The molecule has 1 aromatic carbocycles. The SMILES string of the molecule is CC1CCN(C(=O)[C@@H](C)OC(=O)c2cccc(-n3cnnn3)c2)CC1. The lowest BCUT2D eigenvalue weighted by atomic mass is 9.99. The number of aromatic nitrogens is 4. The molecule has 2 heterocycles. The van der Waals surface area contributed by atoms with Crippen molar-refractivity contribution in [1.29, 1.82) is 0 Å². The average Bonchev–Trinajstić information content (AvgIpc) is 3.16. The number of likely N-dealkylation sites (tertiary alicyclic amines) is 1. The zero-order valence-electron chi connectivity index (χ0n) is 14.3. The van der Waals surface area contributed by atoms with Gasteiger partial charge in [0.15, 0.2) is 6.10 Å². The summed E-state index contributed by atoms with van der Waals surface area (Å²) in [5.41, 5.74) is 0.989. The summed E-state index contributed by atoms with van der Waals surface area (Å²) in [6.45, 7) is 5.24. The van der Waals surface area contributed by atoms with Crippen LogP contribution in [0.1, 0.15) is 37.0 Å². The highest BCUT2D eigenvalue weighted by molar-refractivity contribution is 5.92. The summed E-state index contributed by atoms with van der Waals surface area (Å²) in [5, 5.41) is 10.9. The van der Waals surface area contributed by atoms with Gasteiger partial charge in [-0.2, -0.15) is 0 Å². The minimum Gasteiger partial charge on any atom is -0.449 e. The molecule has 2 aromatic rings. The quantitative estimate of drug-likeness (QED) is 0.781. The van der Waals surface area contributed by atoms with E-state index in [1.807, 2.05) is 0 Å². The Hall–Kier alpha value is -2.77. The van der Waals surface area contributed by atoms with Crippen molar-refractivity contribution in [2.75, 3.05) is 13.1 Å². The molecule has 8 nitrogen and oxygen atoms in total. The summed E-state index contributed by atoms with van der Waals surface area (Å²) >= 11 is 0. The molecule has 1 saturated heterocycles. The number of hydrogen-bond acceptors (Lipinski definition) is 6. The first kappa shape index (κ1) is 17.1. The molecule has 0 spiro atoms. The average molecular weight is 343 g/mol. The van der Waals surface area contributed by atoms with E-state index in [4.69, 9.17) is 4.74 Å². The minimum absolute atomic E-state index is 0.142. The number of hydrogen-bond donors (Lipinski definition) is 0. The van der Waals surface area contributed by atoms with E-state index in [9.17, 15) is 9.59 Å². The van der Waals surface area contributed by atoms with Crippen LogP contribution in [0.4, 0.5) is 0 Å². The lowest BCUT2D eigenvalue weighted by Crippen LogP contribution is -2.44. The number of piperidine rings is 1. The number of rotatable bonds is 4.